The Morgan fingerprint density at radius 1 is 1.11 bits per heavy atom. The number of amides is 1. The molecule has 0 aromatic rings. The van der Waals surface area contributed by atoms with Crippen molar-refractivity contribution >= 4 is 17.5 Å². The maximum absolute atomic E-state index is 16.4. The van der Waals surface area contributed by atoms with Gasteiger partial charge in [-0.3, -0.25) is 14.4 Å². The fourth-order valence-corrected chi connectivity index (χ4v) is 7.63. The Hall–Kier alpha value is -1.52. The number of alkyl halides is 1. The van der Waals surface area contributed by atoms with Crippen molar-refractivity contribution in [1.29, 1.82) is 0 Å². The fourth-order valence-electron chi connectivity index (χ4n) is 7.63. The van der Waals surface area contributed by atoms with Gasteiger partial charge in [0.25, 0.3) is 0 Å². The van der Waals surface area contributed by atoms with Crippen LogP contribution < -0.4 is 5.32 Å². The summed E-state index contributed by atoms with van der Waals surface area (Å²) in [5.41, 5.74) is -1.45. The SMILES string of the molecule is CC(=O)N[C@@H]1CC2C3CCC4=CC(=O)CC[C@]4(C)C3CC[C@]2(C)[C@@]1(F)C(C)=O. The summed E-state index contributed by atoms with van der Waals surface area (Å²) in [6.07, 6.45) is 7.25. The van der Waals surface area contributed by atoms with Crippen LogP contribution >= 0.6 is 0 Å². The second-order valence-electron chi connectivity index (χ2n) is 10.2. The molecule has 4 aliphatic carbocycles. The van der Waals surface area contributed by atoms with Crippen LogP contribution in [0.25, 0.3) is 0 Å². The third-order valence-electron chi connectivity index (χ3n) is 9.04. The lowest BCUT2D eigenvalue weighted by molar-refractivity contribution is -0.147. The molecule has 4 nitrogen and oxygen atoms in total. The van der Waals surface area contributed by atoms with E-state index in [-0.39, 0.29) is 23.0 Å². The second-order valence-corrected chi connectivity index (χ2v) is 10.2. The van der Waals surface area contributed by atoms with Gasteiger partial charge in [-0.05, 0) is 74.7 Å². The average molecular weight is 390 g/mol. The number of Topliss-reactive ketones (excluding diaryl/α,β-unsaturated/α-hetero) is 1. The van der Waals surface area contributed by atoms with Gasteiger partial charge in [0.1, 0.15) is 0 Å². The molecule has 1 amide bonds. The largest absolute Gasteiger partial charge is 0.350 e. The number of ketones is 2. The van der Waals surface area contributed by atoms with Crippen LogP contribution in [0.15, 0.2) is 11.6 Å². The summed E-state index contributed by atoms with van der Waals surface area (Å²) >= 11 is 0. The Kier molecular flexibility index (Phi) is 4.41. The molecule has 4 rings (SSSR count). The van der Waals surface area contributed by atoms with Crippen molar-refractivity contribution in [3.05, 3.63) is 11.6 Å². The summed E-state index contributed by atoms with van der Waals surface area (Å²) < 4.78 is 16.4. The quantitative estimate of drug-likeness (QED) is 0.778. The van der Waals surface area contributed by atoms with Crippen LogP contribution in [0.5, 0.6) is 0 Å². The van der Waals surface area contributed by atoms with Crippen molar-refractivity contribution in [2.45, 2.75) is 84.4 Å². The van der Waals surface area contributed by atoms with Crippen LogP contribution in [0.1, 0.15) is 72.6 Å². The number of halogens is 1. The predicted molar refractivity (Wildman–Crippen MR) is 104 cm³/mol. The molecular formula is C23H32FNO3. The van der Waals surface area contributed by atoms with Gasteiger partial charge in [-0.15, -0.1) is 0 Å². The first-order valence-electron chi connectivity index (χ1n) is 10.7. The number of carbonyl (C=O) groups excluding carboxylic acids is 3. The van der Waals surface area contributed by atoms with Crippen LogP contribution in [0.3, 0.4) is 0 Å². The highest BCUT2D eigenvalue weighted by atomic mass is 19.1. The van der Waals surface area contributed by atoms with Gasteiger partial charge in [0.15, 0.2) is 17.2 Å². The number of hydrogen-bond acceptors (Lipinski definition) is 3. The number of hydrogen-bond donors (Lipinski definition) is 1. The zero-order valence-electron chi connectivity index (χ0n) is 17.4. The first-order chi connectivity index (χ1) is 13.0. The van der Waals surface area contributed by atoms with Gasteiger partial charge in [-0.1, -0.05) is 19.4 Å². The van der Waals surface area contributed by atoms with Crippen molar-refractivity contribution in [1.82, 2.24) is 5.32 Å². The van der Waals surface area contributed by atoms with E-state index < -0.39 is 22.9 Å². The van der Waals surface area contributed by atoms with Gasteiger partial charge in [0.2, 0.25) is 5.91 Å². The Bertz CT molecular complexity index is 776. The molecule has 154 valence electrons. The highest BCUT2D eigenvalue weighted by Gasteiger charge is 2.70. The molecule has 0 heterocycles. The maximum atomic E-state index is 16.4. The minimum atomic E-state index is -2.01. The molecule has 0 spiro atoms. The number of fused-ring (bicyclic) bond motifs is 5. The fraction of sp³-hybridized carbons (Fsp3) is 0.783. The number of carbonyl (C=O) groups is 3. The first kappa shape index (κ1) is 19.8. The zero-order valence-corrected chi connectivity index (χ0v) is 17.4. The highest BCUT2D eigenvalue weighted by Crippen LogP contribution is 2.68. The molecule has 7 atom stereocenters. The minimum absolute atomic E-state index is 0.0133. The lowest BCUT2D eigenvalue weighted by Gasteiger charge is -2.58. The second kappa shape index (κ2) is 6.24. The summed E-state index contributed by atoms with van der Waals surface area (Å²) in [6, 6.07) is -0.742. The molecule has 3 saturated carbocycles. The lowest BCUT2D eigenvalue weighted by atomic mass is 9.46. The normalized spacial score (nSPS) is 47.5. The minimum Gasteiger partial charge on any atom is -0.350 e. The van der Waals surface area contributed by atoms with E-state index in [1.807, 2.05) is 13.0 Å². The standard InChI is InChI=1S/C23H32FNO3/c1-13(26)23(24)20(25-14(2)27)12-19-17-6-5-15-11-16(28)7-9-21(15,3)18(17)8-10-22(19,23)4/h11,17-20H,5-10,12H2,1-4H3,(H,25,27)/t17?,18?,19?,20-,21+,22+,23-/m1/s1. The molecule has 1 N–H and O–H groups in total. The Morgan fingerprint density at radius 3 is 2.46 bits per heavy atom. The molecule has 0 radical (unpaired) electrons. The number of allylic oxidation sites excluding steroid dienone is 1. The van der Waals surface area contributed by atoms with E-state index in [2.05, 4.69) is 12.2 Å². The first-order valence-corrected chi connectivity index (χ1v) is 10.7. The summed E-state index contributed by atoms with van der Waals surface area (Å²) in [4.78, 5) is 36.2. The number of nitrogens with one attached hydrogen (secondary N) is 1. The van der Waals surface area contributed by atoms with Crippen LogP contribution in [0.2, 0.25) is 0 Å². The molecule has 0 saturated heterocycles. The van der Waals surface area contributed by atoms with Crippen LogP contribution in [0.4, 0.5) is 4.39 Å². The molecule has 0 bridgehead atoms. The van der Waals surface area contributed by atoms with Gasteiger partial charge in [-0.25, -0.2) is 4.39 Å². The molecule has 3 fully saturated rings. The maximum Gasteiger partial charge on any atom is 0.217 e. The van der Waals surface area contributed by atoms with Gasteiger partial charge in [0, 0.05) is 18.8 Å². The van der Waals surface area contributed by atoms with E-state index in [4.69, 9.17) is 0 Å². The van der Waals surface area contributed by atoms with Gasteiger partial charge in [0.05, 0.1) is 6.04 Å². The highest BCUT2D eigenvalue weighted by molar-refractivity contribution is 5.91. The smallest absolute Gasteiger partial charge is 0.217 e. The van der Waals surface area contributed by atoms with Crippen molar-refractivity contribution in [2.24, 2.45) is 28.6 Å². The topological polar surface area (TPSA) is 63.2 Å². The van der Waals surface area contributed by atoms with E-state index in [0.717, 1.165) is 25.7 Å². The van der Waals surface area contributed by atoms with Crippen LogP contribution in [-0.4, -0.2) is 29.2 Å². The van der Waals surface area contributed by atoms with Crippen molar-refractivity contribution in [3.8, 4) is 0 Å². The van der Waals surface area contributed by atoms with E-state index >= 15 is 4.39 Å². The third kappa shape index (κ3) is 2.43. The zero-order chi connectivity index (χ0) is 20.5. The van der Waals surface area contributed by atoms with E-state index in [1.54, 1.807) is 0 Å². The van der Waals surface area contributed by atoms with Gasteiger partial charge < -0.3 is 5.32 Å². The molecule has 0 aliphatic heterocycles. The molecule has 4 aliphatic rings. The predicted octanol–water partition coefficient (Wildman–Crippen LogP) is 3.93. The summed E-state index contributed by atoms with van der Waals surface area (Å²) in [5.74, 6) is 0.332. The molecule has 5 heteroatoms. The Balaban J connectivity index is 1.72. The van der Waals surface area contributed by atoms with Crippen molar-refractivity contribution in [3.63, 3.8) is 0 Å². The van der Waals surface area contributed by atoms with E-state index in [1.165, 1.54) is 19.4 Å². The van der Waals surface area contributed by atoms with Gasteiger partial charge >= 0.3 is 0 Å². The monoisotopic (exact) mass is 389 g/mol. The number of rotatable bonds is 2. The van der Waals surface area contributed by atoms with Crippen LogP contribution in [0, 0.1) is 28.6 Å². The molecule has 3 unspecified atom stereocenters. The molecule has 28 heavy (non-hydrogen) atoms. The summed E-state index contributed by atoms with van der Waals surface area (Å²) in [5, 5.41) is 2.77. The Labute approximate surface area is 166 Å². The van der Waals surface area contributed by atoms with Gasteiger partial charge in [-0.2, -0.15) is 0 Å². The van der Waals surface area contributed by atoms with Crippen molar-refractivity contribution < 1.29 is 18.8 Å². The summed E-state index contributed by atoms with van der Waals surface area (Å²) in [6.45, 7) is 6.96. The van der Waals surface area contributed by atoms with E-state index in [0.29, 0.717) is 31.1 Å². The van der Waals surface area contributed by atoms with Crippen molar-refractivity contribution in [2.75, 3.05) is 0 Å². The van der Waals surface area contributed by atoms with Crippen LogP contribution in [-0.2, 0) is 14.4 Å². The van der Waals surface area contributed by atoms with E-state index in [9.17, 15) is 14.4 Å². The lowest BCUT2D eigenvalue weighted by Crippen LogP contribution is -2.60. The molecular weight excluding hydrogens is 357 g/mol. The molecule has 0 aromatic heterocycles. The molecule has 0 aromatic carbocycles. The Morgan fingerprint density at radius 2 is 1.82 bits per heavy atom. The third-order valence-corrected chi connectivity index (χ3v) is 9.04. The summed E-state index contributed by atoms with van der Waals surface area (Å²) in [7, 11) is 0. The average Bonchev–Trinajstić information content (AvgIpc) is 2.84.